The molecule has 0 saturated heterocycles. The van der Waals surface area contributed by atoms with Crippen LogP contribution >= 0.6 is 11.8 Å². The van der Waals surface area contributed by atoms with Gasteiger partial charge < -0.3 is 14.6 Å². The number of fused-ring (bicyclic) bond motifs is 1. The molecule has 120 valence electrons. The Balaban J connectivity index is 2.51. The van der Waals surface area contributed by atoms with Gasteiger partial charge in [0.1, 0.15) is 0 Å². The summed E-state index contributed by atoms with van der Waals surface area (Å²) in [6.45, 7) is 9.61. The first-order valence-electron chi connectivity index (χ1n) is 7.23. The molecule has 0 radical (unpaired) electrons. The first-order valence-corrected chi connectivity index (χ1v) is 8.05. The number of carbonyl (C=O) groups is 2. The lowest BCUT2D eigenvalue weighted by Gasteiger charge is -2.19. The summed E-state index contributed by atoms with van der Waals surface area (Å²) in [5, 5.41) is 3.44. The van der Waals surface area contributed by atoms with Gasteiger partial charge >= 0.3 is 5.97 Å². The number of nitrogens with zero attached hydrogens (tertiary/aromatic N) is 1. The monoisotopic (exact) mass is 322 g/mol. The molecule has 6 heteroatoms. The molecule has 0 aliphatic carbocycles. The number of likely N-dealkylation sites (N-methyl/N-ethyl adjacent to an activating group) is 1. The largest absolute Gasteiger partial charge is 0.459 e. The van der Waals surface area contributed by atoms with Crippen LogP contribution in [0.15, 0.2) is 17.3 Å². The second kappa shape index (κ2) is 5.83. The molecule has 2 heterocycles. The fourth-order valence-corrected chi connectivity index (χ4v) is 3.77. The predicted molar refractivity (Wildman–Crippen MR) is 88.0 cm³/mol. The third-order valence-electron chi connectivity index (χ3n) is 3.44. The Labute approximate surface area is 135 Å². The molecule has 0 spiro atoms. The van der Waals surface area contributed by atoms with E-state index in [1.165, 1.54) is 0 Å². The molecule has 2 rings (SSSR count). The molecule has 1 N–H and O–H groups in total. The highest BCUT2D eigenvalue weighted by atomic mass is 32.2. The summed E-state index contributed by atoms with van der Waals surface area (Å²) in [7, 11) is 1.60. The van der Waals surface area contributed by atoms with Crippen LogP contribution < -0.4 is 5.32 Å². The summed E-state index contributed by atoms with van der Waals surface area (Å²) in [6.07, 6.45) is 3.31. The number of hydrogen-bond acceptors (Lipinski definition) is 4. The van der Waals surface area contributed by atoms with E-state index in [9.17, 15) is 9.59 Å². The fourth-order valence-electron chi connectivity index (χ4n) is 2.43. The van der Waals surface area contributed by atoms with E-state index in [0.717, 1.165) is 16.3 Å². The van der Waals surface area contributed by atoms with Crippen molar-refractivity contribution in [3.63, 3.8) is 0 Å². The van der Waals surface area contributed by atoms with Crippen LogP contribution in [0.25, 0.3) is 5.70 Å². The number of amides is 1. The van der Waals surface area contributed by atoms with Gasteiger partial charge in [0, 0.05) is 25.0 Å². The normalized spacial score (nSPS) is 17.7. The van der Waals surface area contributed by atoms with Crippen molar-refractivity contribution in [1.82, 2.24) is 9.88 Å². The van der Waals surface area contributed by atoms with E-state index < -0.39 is 0 Å². The van der Waals surface area contributed by atoms with Gasteiger partial charge in [0.25, 0.3) is 0 Å². The van der Waals surface area contributed by atoms with E-state index in [1.54, 1.807) is 24.9 Å². The molecular formula is C16H22N2O3S. The second-order valence-corrected chi connectivity index (χ2v) is 7.68. The lowest BCUT2D eigenvalue weighted by molar-refractivity contribution is -0.116. The first-order chi connectivity index (χ1) is 10.2. The van der Waals surface area contributed by atoms with E-state index in [1.807, 2.05) is 45.4 Å². The van der Waals surface area contributed by atoms with Crippen molar-refractivity contribution in [3.05, 3.63) is 23.4 Å². The fraction of sp³-hybridized carbons (Fsp3) is 0.500. The Hall–Kier alpha value is -1.69. The maximum Gasteiger partial charge on any atom is 0.341 e. The summed E-state index contributed by atoms with van der Waals surface area (Å²) >= 11 is 1.57. The van der Waals surface area contributed by atoms with E-state index >= 15 is 0 Å². The van der Waals surface area contributed by atoms with Gasteiger partial charge in [-0.3, -0.25) is 4.79 Å². The van der Waals surface area contributed by atoms with Gasteiger partial charge in [-0.15, -0.1) is 0 Å². The molecule has 0 atom stereocenters. The highest BCUT2D eigenvalue weighted by Gasteiger charge is 2.39. The number of aromatic nitrogens is 1. The highest BCUT2D eigenvalue weighted by molar-refractivity contribution is 8.01. The van der Waals surface area contributed by atoms with Crippen LogP contribution in [0.5, 0.6) is 0 Å². The second-order valence-electron chi connectivity index (χ2n) is 6.07. The summed E-state index contributed by atoms with van der Waals surface area (Å²) in [6, 6.07) is 0. The van der Waals surface area contributed by atoms with Gasteiger partial charge in [0.2, 0.25) is 5.91 Å². The molecule has 0 saturated carbocycles. The van der Waals surface area contributed by atoms with Crippen LogP contribution in [-0.4, -0.2) is 34.3 Å². The summed E-state index contributed by atoms with van der Waals surface area (Å²) < 4.78 is 6.98. The molecule has 0 bridgehead atoms. The van der Waals surface area contributed by atoms with Gasteiger partial charge in [-0.05, 0) is 40.2 Å². The van der Waals surface area contributed by atoms with Crippen LogP contribution in [0, 0.1) is 6.92 Å². The number of esters is 1. The number of carbonyl (C=O) groups excluding carboxylic acids is 2. The summed E-state index contributed by atoms with van der Waals surface area (Å²) in [5.74, 6) is -0.472. The van der Waals surface area contributed by atoms with Crippen molar-refractivity contribution in [2.75, 3.05) is 7.05 Å². The molecule has 1 aromatic rings. The predicted octanol–water partition coefficient (Wildman–Crippen LogP) is 2.83. The Bertz CT molecular complexity index is 657. The van der Waals surface area contributed by atoms with Crippen molar-refractivity contribution in [1.29, 1.82) is 0 Å². The summed E-state index contributed by atoms with van der Waals surface area (Å²) in [5.41, 5.74) is 2.30. The van der Waals surface area contributed by atoms with Crippen LogP contribution in [0.4, 0.5) is 0 Å². The Morgan fingerprint density at radius 3 is 2.59 bits per heavy atom. The van der Waals surface area contributed by atoms with Crippen LogP contribution in [0.1, 0.15) is 43.6 Å². The first kappa shape index (κ1) is 16.7. The molecule has 0 fully saturated rings. The zero-order valence-electron chi connectivity index (χ0n) is 13.8. The van der Waals surface area contributed by atoms with Crippen molar-refractivity contribution in [2.24, 2.45) is 0 Å². The van der Waals surface area contributed by atoms with Gasteiger partial charge in [-0.25, -0.2) is 4.79 Å². The van der Waals surface area contributed by atoms with Crippen molar-refractivity contribution in [2.45, 2.75) is 50.5 Å². The molecule has 1 aliphatic rings. The van der Waals surface area contributed by atoms with Crippen LogP contribution in [0.3, 0.4) is 0 Å². The highest BCUT2D eigenvalue weighted by Crippen LogP contribution is 2.50. The average Bonchev–Trinajstić information content (AvgIpc) is 2.80. The molecule has 5 nitrogen and oxygen atoms in total. The van der Waals surface area contributed by atoms with Gasteiger partial charge in [-0.1, -0.05) is 11.8 Å². The zero-order chi connectivity index (χ0) is 16.7. The van der Waals surface area contributed by atoms with E-state index in [2.05, 4.69) is 5.32 Å². The molecule has 1 amide bonds. The Morgan fingerprint density at radius 1 is 1.41 bits per heavy atom. The minimum Gasteiger partial charge on any atom is -0.459 e. The topological polar surface area (TPSA) is 60.3 Å². The molecule has 1 aliphatic heterocycles. The lowest BCUT2D eigenvalue weighted by atomic mass is 10.1. The van der Waals surface area contributed by atoms with Crippen molar-refractivity contribution < 1.29 is 14.3 Å². The van der Waals surface area contributed by atoms with E-state index in [-0.39, 0.29) is 22.7 Å². The molecule has 1 aromatic heterocycles. The lowest BCUT2D eigenvalue weighted by Crippen LogP contribution is -2.20. The van der Waals surface area contributed by atoms with Crippen molar-refractivity contribution >= 4 is 29.3 Å². The Kier molecular flexibility index (Phi) is 4.42. The Morgan fingerprint density at radius 2 is 2.05 bits per heavy atom. The van der Waals surface area contributed by atoms with Crippen LogP contribution in [-0.2, 0) is 9.53 Å². The number of ether oxygens (including phenoxy) is 1. The van der Waals surface area contributed by atoms with Crippen molar-refractivity contribution in [3.8, 4) is 0 Å². The SMILES string of the molecule is CNC(=O)C=C1n2cc(C)c(C(=O)OC(C)C)c2SC1(C)C. The van der Waals surface area contributed by atoms with Gasteiger partial charge in [-0.2, -0.15) is 0 Å². The average molecular weight is 322 g/mol. The molecular weight excluding hydrogens is 300 g/mol. The number of aryl methyl sites for hydroxylation is 1. The maximum absolute atomic E-state index is 12.3. The van der Waals surface area contributed by atoms with Gasteiger partial charge in [0.15, 0.2) is 0 Å². The smallest absolute Gasteiger partial charge is 0.341 e. The maximum atomic E-state index is 12.3. The quantitative estimate of drug-likeness (QED) is 0.687. The standard InChI is InChI=1S/C16H22N2O3S/c1-9(2)21-15(20)13-10(3)8-18-11(7-12(19)17-6)16(4,5)22-14(13)18/h7-9H,1-6H3,(H,17,19). The number of thioether (sulfide) groups is 1. The molecule has 22 heavy (non-hydrogen) atoms. The van der Waals surface area contributed by atoms with Gasteiger partial charge in [0.05, 0.1) is 21.4 Å². The number of nitrogens with one attached hydrogen (secondary N) is 1. The molecule has 0 unspecified atom stereocenters. The third kappa shape index (κ3) is 2.92. The van der Waals surface area contributed by atoms with Crippen LogP contribution in [0.2, 0.25) is 0 Å². The minimum absolute atomic E-state index is 0.158. The number of hydrogen-bond donors (Lipinski definition) is 1. The zero-order valence-corrected chi connectivity index (χ0v) is 14.6. The minimum atomic E-state index is -0.314. The molecule has 0 aromatic carbocycles. The third-order valence-corrected chi connectivity index (χ3v) is 4.75. The van der Waals surface area contributed by atoms with E-state index in [0.29, 0.717) is 5.56 Å². The van der Waals surface area contributed by atoms with E-state index in [4.69, 9.17) is 4.74 Å². The number of rotatable bonds is 3. The summed E-state index contributed by atoms with van der Waals surface area (Å²) in [4.78, 5) is 24.1.